The molecule has 0 bridgehead atoms. The van der Waals surface area contributed by atoms with Crippen LogP contribution in [0.3, 0.4) is 0 Å². The average molecular weight is 317 g/mol. The van der Waals surface area contributed by atoms with E-state index in [0.717, 1.165) is 43.4 Å². The summed E-state index contributed by atoms with van der Waals surface area (Å²) in [5.74, 6) is -0.645. The van der Waals surface area contributed by atoms with Crippen LogP contribution in [0.5, 0.6) is 0 Å². The van der Waals surface area contributed by atoms with Crippen LogP contribution in [0.1, 0.15) is 48.7 Å². The Labute approximate surface area is 123 Å². The lowest BCUT2D eigenvalue weighted by molar-refractivity contribution is 0.0698. The van der Waals surface area contributed by atoms with Crippen LogP contribution in [0, 0.1) is 5.92 Å². The van der Waals surface area contributed by atoms with Gasteiger partial charge in [-0.2, -0.15) is 0 Å². The smallest absolute Gasteiger partial charge is 0.347 e. The molecule has 0 aromatic carbocycles. The number of carboxylic acids is 1. The second-order valence-corrected chi connectivity index (χ2v) is 7.78. The molecule has 1 aliphatic rings. The summed E-state index contributed by atoms with van der Waals surface area (Å²) in [6, 6.07) is 1.27. The summed E-state index contributed by atoms with van der Waals surface area (Å²) in [6.07, 6.45) is 4.87. The van der Waals surface area contributed by atoms with Crippen LogP contribution in [0.2, 0.25) is 0 Å². The molecule has 0 amide bonds. The third-order valence-corrected chi connectivity index (χ3v) is 6.39. The standard InChI is InChI=1S/C13H19NO4S2/c1-2-9-4-3-5-10(8-9)14-20(17,18)11-6-7-19-12(11)13(15)16/h6-7,9-10,14H,2-5,8H2,1H3,(H,15,16). The molecule has 5 nitrogen and oxygen atoms in total. The molecule has 1 aromatic rings. The van der Waals surface area contributed by atoms with E-state index in [1.165, 1.54) is 11.4 Å². The molecule has 1 fully saturated rings. The Morgan fingerprint density at radius 2 is 2.25 bits per heavy atom. The molecule has 112 valence electrons. The number of sulfonamides is 1. The number of nitrogens with one attached hydrogen (secondary N) is 1. The molecule has 0 spiro atoms. The van der Waals surface area contributed by atoms with Crippen molar-refractivity contribution in [3.05, 3.63) is 16.3 Å². The third-order valence-electron chi connectivity index (χ3n) is 3.79. The Hall–Kier alpha value is -0.920. The van der Waals surface area contributed by atoms with Gasteiger partial charge in [0.05, 0.1) is 0 Å². The van der Waals surface area contributed by atoms with E-state index in [4.69, 9.17) is 5.11 Å². The largest absolute Gasteiger partial charge is 0.477 e. The molecule has 2 unspecified atom stereocenters. The van der Waals surface area contributed by atoms with Crippen LogP contribution >= 0.6 is 11.3 Å². The van der Waals surface area contributed by atoms with Gasteiger partial charge in [-0.3, -0.25) is 0 Å². The highest BCUT2D eigenvalue weighted by Gasteiger charge is 2.29. The minimum Gasteiger partial charge on any atom is -0.477 e. The number of hydrogen-bond acceptors (Lipinski definition) is 4. The Morgan fingerprint density at radius 3 is 2.90 bits per heavy atom. The van der Waals surface area contributed by atoms with Gasteiger partial charge in [0.1, 0.15) is 9.77 Å². The molecule has 0 radical (unpaired) electrons. The molecule has 1 aromatic heterocycles. The minimum atomic E-state index is -3.74. The first-order chi connectivity index (χ1) is 9.44. The Kier molecular flexibility index (Phi) is 4.82. The molecule has 1 heterocycles. The van der Waals surface area contributed by atoms with E-state index in [1.807, 2.05) is 0 Å². The van der Waals surface area contributed by atoms with Crippen molar-refractivity contribution in [3.63, 3.8) is 0 Å². The molecule has 2 rings (SSSR count). The summed E-state index contributed by atoms with van der Waals surface area (Å²) in [6.45, 7) is 2.11. The van der Waals surface area contributed by atoms with Crippen molar-refractivity contribution in [1.82, 2.24) is 4.72 Å². The van der Waals surface area contributed by atoms with Crippen LogP contribution < -0.4 is 4.72 Å². The molecule has 0 saturated heterocycles. The summed E-state index contributed by atoms with van der Waals surface area (Å²) in [5.41, 5.74) is 0. The predicted octanol–water partition coefficient (Wildman–Crippen LogP) is 2.69. The van der Waals surface area contributed by atoms with Gasteiger partial charge in [-0.1, -0.05) is 26.2 Å². The van der Waals surface area contributed by atoms with Gasteiger partial charge in [-0.25, -0.2) is 17.9 Å². The minimum absolute atomic E-state index is 0.0831. The van der Waals surface area contributed by atoms with E-state index in [1.54, 1.807) is 0 Å². The van der Waals surface area contributed by atoms with Crippen LogP contribution in [0.15, 0.2) is 16.3 Å². The average Bonchev–Trinajstić information content (AvgIpc) is 2.88. The van der Waals surface area contributed by atoms with Crippen molar-refractivity contribution in [3.8, 4) is 0 Å². The molecule has 2 N–H and O–H groups in total. The van der Waals surface area contributed by atoms with Gasteiger partial charge in [-0.15, -0.1) is 11.3 Å². The van der Waals surface area contributed by atoms with Crippen LogP contribution in [0.25, 0.3) is 0 Å². The zero-order valence-electron chi connectivity index (χ0n) is 11.3. The zero-order chi connectivity index (χ0) is 14.8. The maximum Gasteiger partial charge on any atom is 0.347 e. The number of carboxylic acid groups (broad SMARTS) is 1. The fourth-order valence-corrected chi connectivity index (χ4v) is 5.26. The second kappa shape index (κ2) is 6.24. The number of hydrogen-bond donors (Lipinski definition) is 2. The molecule has 2 atom stereocenters. The maximum atomic E-state index is 12.3. The van der Waals surface area contributed by atoms with Crippen LogP contribution in [0.4, 0.5) is 0 Å². The number of carbonyl (C=O) groups is 1. The Morgan fingerprint density at radius 1 is 1.50 bits per heavy atom. The first kappa shape index (κ1) is 15.5. The third kappa shape index (κ3) is 3.39. The van der Waals surface area contributed by atoms with Gasteiger partial charge in [0.2, 0.25) is 10.0 Å². The summed E-state index contributed by atoms with van der Waals surface area (Å²) < 4.78 is 27.3. The summed E-state index contributed by atoms with van der Waals surface area (Å²) in [4.78, 5) is 10.8. The van der Waals surface area contributed by atoms with Gasteiger partial charge in [0.15, 0.2) is 0 Å². The number of thiophene rings is 1. The quantitative estimate of drug-likeness (QED) is 0.874. The SMILES string of the molecule is CCC1CCCC(NS(=O)(=O)c2ccsc2C(=O)O)C1. The molecule has 7 heteroatoms. The van der Waals surface area contributed by atoms with E-state index in [2.05, 4.69) is 11.6 Å². The van der Waals surface area contributed by atoms with Crippen LogP contribution in [-0.2, 0) is 10.0 Å². The fourth-order valence-electron chi connectivity index (χ4n) is 2.72. The van der Waals surface area contributed by atoms with Crippen molar-refractivity contribution < 1.29 is 18.3 Å². The second-order valence-electron chi connectivity index (χ2n) is 5.18. The van der Waals surface area contributed by atoms with Gasteiger partial charge in [0, 0.05) is 6.04 Å². The van der Waals surface area contributed by atoms with Gasteiger partial charge in [0.25, 0.3) is 0 Å². The molecule has 20 heavy (non-hydrogen) atoms. The highest BCUT2D eigenvalue weighted by Crippen LogP contribution is 2.28. The van der Waals surface area contributed by atoms with Gasteiger partial charge in [-0.05, 0) is 30.2 Å². The molecular formula is C13H19NO4S2. The van der Waals surface area contributed by atoms with E-state index in [9.17, 15) is 13.2 Å². The zero-order valence-corrected chi connectivity index (χ0v) is 13.0. The highest BCUT2D eigenvalue weighted by atomic mass is 32.2. The summed E-state index contributed by atoms with van der Waals surface area (Å²) in [7, 11) is -3.74. The van der Waals surface area contributed by atoms with E-state index in [-0.39, 0.29) is 15.8 Å². The van der Waals surface area contributed by atoms with Gasteiger partial charge < -0.3 is 5.11 Å². The molecule has 1 aliphatic carbocycles. The van der Waals surface area contributed by atoms with Gasteiger partial charge >= 0.3 is 5.97 Å². The highest BCUT2D eigenvalue weighted by molar-refractivity contribution is 7.89. The lowest BCUT2D eigenvalue weighted by atomic mass is 9.85. The van der Waals surface area contributed by atoms with Crippen molar-refractivity contribution >= 4 is 27.3 Å². The fraction of sp³-hybridized carbons (Fsp3) is 0.615. The Bertz CT molecular complexity index is 579. The van der Waals surface area contributed by atoms with Crippen molar-refractivity contribution in [2.45, 2.75) is 50.0 Å². The monoisotopic (exact) mass is 317 g/mol. The van der Waals surface area contributed by atoms with Crippen LogP contribution in [-0.4, -0.2) is 25.5 Å². The first-order valence-corrected chi connectivity index (χ1v) is 9.13. The summed E-state index contributed by atoms with van der Waals surface area (Å²) >= 11 is 0.933. The number of aromatic carboxylic acids is 1. The van der Waals surface area contributed by atoms with Crippen molar-refractivity contribution in [2.75, 3.05) is 0 Å². The first-order valence-electron chi connectivity index (χ1n) is 6.77. The van der Waals surface area contributed by atoms with E-state index >= 15 is 0 Å². The van der Waals surface area contributed by atoms with E-state index in [0.29, 0.717) is 5.92 Å². The molecule has 1 saturated carbocycles. The topological polar surface area (TPSA) is 83.5 Å². The van der Waals surface area contributed by atoms with Crippen molar-refractivity contribution in [1.29, 1.82) is 0 Å². The number of rotatable bonds is 5. The lowest BCUT2D eigenvalue weighted by Crippen LogP contribution is -2.38. The normalized spacial score (nSPS) is 23.6. The molecular weight excluding hydrogens is 298 g/mol. The lowest BCUT2D eigenvalue weighted by Gasteiger charge is -2.28. The molecule has 0 aliphatic heterocycles. The predicted molar refractivity (Wildman–Crippen MR) is 77.6 cm³/mol. The Balaban J connectivity index is 2.15. The van der Waals surface area contributed by atoms with E-state index < -0.39 is 16.0 Å². The summed E-state index contributed by atoms with van der Waals surface area (Å²) in [5, 5.41) is 10.5. The maximum absolute atomic E-state index is 12.3. The van der Waals surface area contributed by atoms with Crippen molar-refractivity contribution in [2.24, 2.45) is 5.92 Å².